The van der Waals surface area contributed by atoms with Crippen molar-refractivity contribution in [3.05, 3.63) is 57.9 Å². The van der Waals surface area contributed by atoms with E-state index in [4.69, 9.17) is 10.00 Å². The Morgan fingerprint density at radius 1 is 1.43 bits per heavy atom. The number of nitro groups is 1. The van der Waals surface area contributed by atoms with Crippen LogP contribution in [0.25, 0.3) is 0 Å². The SMILES string of the molecule is CCOc1ccc(NC(=O)c2ccc(C#N)nc2)c([N+](=O)[O-])c1. The van der Waals surface area contributed by atoms with Gasteiger partial charge in [0.05, 0.1) is 23.2 Å². The minimum Gasteiger partial charge on any atom is -0.494 e. The van der Waals surface area contributed by atoms with Gasteiger partial charge in [-0.05, 0) is 31.2 Å². The molecule has 0 aliphatic rings. The molecule has 116 valence electrons. The lowest BCUT2D eigenvalue weighted by Crippen LogP contribution is -2.13. The van der Waals surface area contributed by atoms with E-state index in [1.807, 2.05) is 6.07 Å². The molecule has 1 amide bonds. The number of carbonyl (C=O) groups excluding carboxylic acids is 1. The number of ether oxygens (including phenoxy) is 1. The normalized spacial score (nSPS) is 9.74. The Bertz CT molecular complexity index is 781. The summed E-state index contributed by atoms with van der Waals surface area (Å²) >= 11 is 0. The molecule has 0 spiro atoms. The Hall–Kier alpha value is -3.47. The fraction of sp³-hybridized carbons (Fsp3) is 0.133. The first-order chi connectivity index (χ1) is 11.0. The zero-order chi connectivity index (χ0) is 16.8. The van der Waals surface area contributed by atoms with Crippen molar-refractivity contribution in [3.63, 3.8) is 0 Å². The van der Waals surface area contributed by atoms with Gasteiger partial charge in [0.15, 0.2) is 0 Å². The summed E-state index contributed by atoms with van der Waals surface area (Å²) in [5.74, 6) is -0.216. The Morgan fingerprint density at radius 3 is 2.78 bits per heavy atom. The van der Waals surface area contributed by atoms with Crippen LogP contribution in [0.2, 0.25) is 0 Å². The van der Waals surface area contributed by atoms with Crippen LogP contribution in [0.3, 0.4) is 0 Å². The monoisotopic (exact) mass is 312 g/mol. The zero-order valence-corrected chi connectivity index (χ0v) is 12.1. The van der Waals surface area contributed by atoms with Crippen molar-refractivity contribution < 1.29 is 14.5 Å². The number of aromatic nitrogens is 1. The predicted molar refractivity (Wildman–Crippen MR) is 81.2 cm³/mol. The molecular formula is C15H12N4O4. The lowest BCUT2D eigenvalue weighted by Gasteiger charge is -2.08. The van der Waals surface area contributed by atoms with E-state index in [0.717, 1.165) is 0 Å². The van der Waals surface area contributed by atoms with Gasteiger partial charge >= 0.3 is 0 Å². The number of nitrogens with one attached hydrogen (secondary N) is 1. The van der Waals surface area contributed by atoms with Crippen LogP contribution < -0.4 is 10.1 Å². The van der Waals surface area contributed by atoms with E-state index in [1.165, 1.54) is 36.5 Å². The maximum atomic E-state index is 12.1. The van der Waals surface area contributed by atoms with E-state index < -0.39 is 10.8 Å². The molecule has 0 unspecified atom stereocenters. The highest BCUT2D eigenvalue weighted by molar-refractivity contribution is 6.05. The fourth-order valence-electron chi connectivity index (χ4n) is 1.81. The Kier molecular flexibility index (Phi) is 4.84. The van der Waals surface area contributed by atoms with Gasteiger partial charge in [-0.15, -0.1) is 0 Å². The number of carbonyl (C=O) groups is 1. The molecule has 8 nitrogen and oxygen atoms in total. The van der Waals surface area contributed by atoms with Gasteiger partial charge in [-0.25, -0.2) is 4.98 Å². The number of hydrogen-bond acceptors (Lipinski definition) is 6. The van der Waals surface area contributed by atoms with Gasteiger partial charge < -0.3 is 10.1 Å². The largest absolute Gasteiger partial charge is 0.494 e. The number of nitrogens with zero attached hydrogens (tertiary/aromatic N) is 3. The highest BCUT2D eigenvalue weighted by Crippen LogP contribution is 2.29. The summed E-state index contributed by atoms with van der Waals surface area (Å²) in [5, 5.41) is 22.3. The number of benzene rings is 1. The summed E-state index contributed by atoms with van der Waals surface area (Å²) in [6, 6.07) is 8.83. The number of anilines is 1. The highest BCUT2D eigenvalue weighted by atomic mass is 16.6. The van der Waals surface area contributed by atoms with Crippen LogP contribution in [0.15, 0.2) is 36.5 Å². The van der Waals surface area contributed by atoms with Crippen molar-refractivity contribution >= 4 is 17.3 Å². The Labute approximate surface area is 131 Å². The van der Waals surface area contributed by atoms with E-state index in [0.29, 0.717) is 12.4 Å². The van der Waals surface area contributed by atoms with Crippen molar-refractivity contribution in [2.75, 3.05) is 11.9 Å². The van der Waals surface area contributed by atoms with Gasteiger partial charge in [-0.3, -0.25) is 14.9 Å². The second kappa shape index (κ2) is 7.00. The predicted octanol–water partition coefficient (Wildman–Crippen LogP) is 2.51. The first-order valence-electron chi connectivity index (χ1n) is 6.64. The van der Waals surface area contributed by atoms with Crippen LogP contribution in [0.1, 0.15) is 23.0 Å². The number of pyridine rings is 1. The minimum absolute atomic E-state index is 0.0489. The molecule has 0 atom stereocenters. The van der Waals surface area contributed by atoms with E-state index in [2.05, 4.69) is 10.3 Å². The van der Waals surface area contributed by atoms with Crippen LogP contribution >= 0.6 is 0 Å². The van der Waals surface area contributed by atoms with Crippen LogP contribution in [-0.4, -0.2) is 22.4 Å². The standard InChI is InChI=1S/C15H12N4O4/c1-2-23-12-5-6-13(14(7-12)19(21)22)18-15(20)10-3-4-11(8-16)17-9-10/h3-7,9H,2H2,1H3,(H,18,20). The lowest BCUT2D eigenvalue weighted by atomic mass is 10.2. The first-order valence-corrected chi connectivity index (χ1v) is 6.64. The van der Waals surface area contributed by atoms with Crippen LogP contribution in [0.5, 0.6) is 5.75 Å². The Balaban J connectivity index is 2.25. The van der Waals surface area contributed by atoms with E-state index in [9.17, 15) is 14.9 Å². The molecule has 23 heavy (non-hydrogen) atoms. The smallest absolute Gasteiger partial charge is 0.296 e. The molecule has 0 saturated heterocycles. The van der Waals surface area contributed by atoms with Gasteiger partial charge in [0.1, 0.15) is 23.2 Å². The maximum absolute atomic E-state index is 12.1. The third-order valence-corrected chi connectivity index (χ3v) is 2.87. The Morgan fingerprint density at radius 2 is 2.22 bits per heavy atom. The average molecular weight is 312 g/mol. The lowest BCUT2D eigenvalue weighted by molar-refractivity contribution is -0.384. The summed E-state index contributed by atoms with van der Waals surface area (Å²) in [6.07, 6.45) is 1.23. The van der Waals surface area contributed by atoms with Gasteiger partial charge in [0.25, 0.3) is 11.6 Å². The number of nitriles is 1. The van der Waals surface area contributed by atoms with Crippen LogP contribution in [-0.2, 0) is 0 Å². The summed E-state index contributed by atoms with van der Waals surface area (Å²) < 4.78 is 5.21. The van der Waals surface area contributed by atoms with Crippen molar-refractivity contribution in [2.24, 2.45) is 0 Å². The molecule has 0 aliphatic heterocycles. The zero-order valence-electron chi connectivity index (χ0n) is 12.1. The summed E-state index contributed by atoms with van der Waals surface area (Å²) in [4.78, 5) is 26.4. The average Bonchev–Trinajstić information content (AvgIpc) is 2.56. The second-order valence-corrected chi connectivity index (χ2v) is 4.37. The molecule has 1 N–H and O–H groups in total. The number of amides is 1. The van der Waals surface area contributed by atoms with E-state index >= 15 is 0 Å². The third-order valence-electron chi connectivity index (χ3n) is 2.87. The molecule has 2 rings (SSSR count). The van der Waals surface area contributed by atoms with Gasteiger partial charge in [0.2, 0.25) is 0 Å². The fourth-order valence-corrected chi connectivity index (χ4v) is 1.81. The van der Waals surface area contributed by atoms with Gasteiger partial charge in [0, 0.05) is 6.20 Å². The summed E-state index contributed by atoms with van der Waals surface area (Å²) in [7, 11) is 0. The number of hydrogen-bond donors (Lipinski definition) is 1. The molecule has 0 bridgehead atoms. The number of rotatable bonds is 5. The molecule has 1 aromatic carbocycles. The van der Waals surface area contributed by atoms with E-state index in [-0.39, 0.29) is 22.6 Å². The van der Waals surface area contributed by atoms with Crippen molar-refractivity contribution in [1.82, 2.24) is 4.98 Å². The molecule has 0 aliphatic carbocycles. The van der Waals surface area contributed by atoms with Gasteiger partial charge in [-0.1, -0.05) is 0 Å². The first kappa shape index (κ1) is 15.9. The van der Waals surface area contributed by atoms with Crippen LogP contribution in [0.4, 0.5) is 11.4 Å². The maximum Gasteiger partial charge on any atom is 0.296 e. The second-order valence-electron chi connectivity index (χ2n) is 4.37. The summed E-state index contributed by atoms with van der Waals surface area (Å²) in [5.41, 5.74) is 0.138. The summed E-state index contributed by atoms with van der Waals surface area (Å²) in [6.45, 7) is 2.14. The van der Waals surface area contributed by atoms with Crippen molar-refractivity contribution in [1.29, 1.82) is 5.26 Å². The van der Waals surface area contributed by atoms with Crippen LogP contribution in [0, 0.1) is 21.4 Å². The molecule has 0 radical (unpaired) electrons. The molecule has 8 heteroatoms. The quantitative estimate of drug-likeness (QED) is 0.669. The molecule has 1 aromatic heterocycles. The minimum atomic E-state index is -0.602. The number of nitro benzene ring substituents is 1. The highest BCUT2D eigenvalue weighted by Gasteiger charge is 2.18. The van der Waals surface area contributed by atoms with Gasteiger partial charge in [-0.2, -0.15) is 5.26 Å². The topological polar surface area (TPSA) is 118 Å². The molecule has 0 saturated carbocycles. The van der Waals surface area contributed by atoms with Crippen molar-refractivity contribution in [3.8, 4) is 11.8 Å². The molecule has 2 aromatic rings. The molecule has 0 fully saturated rings. The third kappa shape index (κ3) is 3.79. The van der Waals surface area contributed by atoms with E-state index in [1.54, 1.807) is 6.92 Å². The van der Waals surface area contributed by atoms with Crippen molar-refractivity contribution in [2.45, 2.75) is 6.92 Å². The molecule has 1 heterocycles. The molecular weight excluding hydrogens is 300 g/mol.